The Balaban J connectivity index is 1.60. The topological polar surface area (TPSA) is 78.2 Å². The zero-order valence-electron chi connectivity index (χ0n) is 18.6. The fraction of sp³-hybridized carbons (Fsp3) is 0.360. The summed E-state index contributed by atoms with van der Waals surface area (Å²) in [7, 11) is 1.65. The van der Waals surface area contributed by atoms with Gasteiger partial charge in [0.05, 0.1) is 19.3 Å². The standard InChI is InChI=1S/C25H27NO6/c1-4-30-23(27)12-10-20-16(2)19-9-11-22-21(24(19)32-25(20)28)14-26(15-31-22)13-17-5-7-18(29-3)8-6-17/h5-9,11H,4,10,12-15H2,1-3H3. The highest BCUT2D eigenvalue weighted by atomic mass is 16.5. The summed E-state index contributed by atoms with van der Waals surface area (Å²) in [5.74, 6) is 1.22. The molecule has 32 heavy (non-hydrogen) atoms. The molecule has 0 bridgehead atoms. The van der Waals surface area contributed by atoms with Crippen LogP contribution in [0.1, 0.15) is 35.6 Å². The lowest BCUT2D eigenvalue weighted by Crippen LogP contribution is -2.31. The Hall–Kier alpha value is -3.32. The van der Waals surface area contributed by atoms with Gasteiger partial charge in [-0.2, -0.15) is 0 Å². The van der Waals surface area contributed by atoms with E-state index in [1.807, 2.05) is 43.3 Å². The molecule has 2 heterocycles. The molecule has 0 atom stereocenters. The molecule has 0 saturated heterocycles. The first-order valence-corrected chi connectivity index (χ1v) is 10.7. The number of carbonyl (C=O) groups excluding carboxylic acids is 1. The predicted molar refractivity (Wildman–Crippen MR) is 120 cm³/mol. The smallest absolute Gasteiger partial charge is 0.339 e. The zero-order valence-corrected chi connectivity index (χ0v) is 18.6. The maximum Gasteiger partial charge on any atom is 0.339 e. The van der Waals surface area contributed by atoms with Crippen molar-refractivity contribution in [3.63, 3.8) is 0 Å². The van der Waals surface area contributed by atoms with Gasteiger partial charge in [-0.05, 0) is 55.7 Å². The minimum atomic E-state index is -0.417. The van der Waals surface area contributed by atoms with Gasteiger partial charge in [0, 0.05) is 30.5 Å². The third-order valence-electron chi connectivity index (χ3n) is 5.75. The highest BCUT2D eigenvalue weighted by Crippen LogP contribution is 2.34. The van der Waals surface area contributed by atoms with Crippen LogP contribution in [0.25, 0.3) is 11.0 Å². The molecule has 4 rings (SSSR count). The number of hydrogen-bond acceptors (Lipinski definition) is 7. The number of nitrogens with zero attached hydrogens (tertiary/aromatic N) is 1. The highest BCUT2D eigenvalue weighted by molar-refractivity contribution is 5.86. The summed E-state index contributed by atoms with van der Waals surface area (Å²) in [6, 6.07) is 11.8. The Morgan fingerprint density at radius 3 is 2.66 bits per heavy atom. The Bertz CT molecular complexity index is 1180. The van der Waals surface area contributed by atoms with E-state index >= 15 is 0 Å². The van der Waals surface area contributed by atoms with E-state index in [1.54, 1.807) is 14.0 Å². The lowest BCUT2D eigenvalue weighted by Gasteiger charge is -2.29. The molecule has 2 aromatic carbocycles. The van der Waals surface area contributed by atoms with Gasteiger partial charge in [0.1, 0.15) is 23.8 Å². The van der Waals surface area contributed by atoms with E-state index in [2.05, 4.69) is 4.90 Å². The summed E-state index contributed by atoms with van der Waals surface area (Å²) in [5, 5.41) is 0.858. The molecule has 0 amide bonds. The highest BCUT2D eigenvalue weighted by Gasteiger charge is 2.23. The Labute approximate surface area is 186 Å². The Kier molecular flexibility index (Phi) is 6.46. The maximum atomic E-state index is 12.8. The van der Waals surface area contributed by atoms with Crippen molar-refractivity contribution >= 4 is 16.9 Å². The van der Waals surface area contributed by atoms with Crippen molar-refractivity contribution in [1.29, 1.82) is 0 Å². The van der Waals surface area contributed by atoms with Gasteiger partial charge in [0.25, 0.3) is 0 Å². The molecule has 1 aromatic heterocycles. The lowest BCUT2D eigenvalue weighted by atomic mass is 9.99. The van der Waals surface area contributed by atoms with Crippen molar-refractivity contribution in [3.8, 4) is 11.5 Å². The summed E-state index contributed by atoms with van der Waals surface area (Å²) in [6.07, 6.45) is 0.439. The number of benzene rings is 2. The van der Waals surface area contributed by atoms with Crippen LogP contribution in [0, 0.1) is 6.92 Å². The van der Waals surface area contributed by atoms with Gasteiger partial charge < -0.3 is 18.6 Å². The average molecular weight is 437 g/mol. The van der Waals surface area contributed by atoms with Crippen molar-refractivity contribution in [1.82, 2.24) is 4.90 Å². The number of methoxy groups -OCH3 is 1. The Morgan fingerprint density at radius 1 is 1.16 bits per heavy atom. The molecule has 0 aliphatic carbocycles. The van der Waals surface area contributed by atoms with E-state index in [1.165, 1.54) is 0 Å². The van der Waals surface area contributed by atoms with Gasteiger partial charge in [0.2, 0.25) is 0 Å². The van der Waals surface area contributed by atoms with Gasteiger partial charge in [0.15, 0.2) is 0 Å². The summed E-state index contributed by atoms with van der Waals surface area (Å²) in [4.78, 5) is 26.6. The van der Waals surface area contributed by atoms with Crippen molar-refractivity contribution in [2.75, 3.05) is 20.4 Å². The van der Waals surface area contributed by atoms with Crippen LogP contribution in [0.5, 0.6) is 11.5 Å². The van der Waals surface area contributed by atoms with Crippen LogP contribution in [-0.4, -0.2) is 31.3 Å². The fourth-order valence-corrected chi connectivity index (χ4v) is 4.05. The van der Waals surface area contributed by atoms with Crippen molar-refractivity contribution in [2.24, 2.45) is 0 Å². The fourth-order valence-electron chi connectivity index (χ4n) is 4.05. The molecule has 7 nitrogen and oxygen atoms in total. The summed E-state index contributed by atoms with van der Waals surface area (Å²) in [6.45, 7) is 5.72. The molecule has 1 aliphatic heterocycles. The van der Waals surface area contributed by atoms with Crippen LogP contribution in [-0.2, 0) is 29.0 Å². The lowest BCUT2D eigenvalue weighted by molar-refractivity contribution is -0.143. The normalized spacial score (nSPS) is 13.5. The first-order valence-electron chi connectivity index (χ1n) is 10.7. The molecule has 1 aliphatic rings. The van der Waals surface area contributed by atoms with Crippen LogP contribution in [0.4, 0.5) is 0 Å². The summed E-state index contributed by atoms with van der Waals surface area (Å²) < 4.78 is 21.9. The van der Waals surface area contributed by atoms with Crippen LogP contribution in [0.3, 0.4) is 0 Å². The van der Waals surface area contributed by atoms with Crippen molar-refractivity contribution < 1.29 is 23.4 Å². The maximum absolute atomic E-state index is 12.8. The quantitative estimate of drug-likeness (QED) is 0.409. The van der Waals surface area contributed by atoms with Gasteiger partial charge in [-0.15, -0.1) is 0 Å². The molecular weight excluding hydrogens is 410 g/mol. The molecule has 0 saturated carbocycles. The second-order valence-electron chi connectivity index (χ2n) is 7.83. The predicted octanol–water partition coefficient (Wildman–Crippen LogP) is 3.96. The Morgan fingerprint density at radius 2 is 1.94 bits per heavy atom. The number of hydrogen-bond donors (Lipinski definition) is 0. The second kappa shape index (κ2) is 9.44. The SMILES string of the molecule is CCOC(=O)CCc1c(C)c2ccc3c(c2oc1=O)CN(Cc1ccc(OC)cc1)CO3. The first kappa shape index (κ1) is 21.9. The van der Waals surface area contributed by atoms with Crippen molar-refractivity contribution in [3.05, 3.63) is 69.1 Å². The van der Waals surface area contributed by atoms with Crippen molar-refractivity contribution in [2.45, 2.75) is 39.8 Å². The third-order valence-corrected chi connectivity index (χ3v) is 5.75. The van der Waals surface area contributed by atoms with Crippen LogP contribution >= 0.6 is 0 Å². The molecule has 7 heteroatoms. The van der Waals surface area contributed by atoms with Gasteiger partial charge in [-0.25, -0.2) is 4.79 Å². The monoisotopic (exact) mass is 437 g/mol. The minimum absolute atomic E-state index is 0.147. The first-order chi connectivity index (χ1) is 15.5. The molecule has 168 valence electrons. The summed E-state index contributed by atoms with van der Waals surface area (Å²) >= 11 is 0. The molecule has 0 radical (unpaired) electrons. The molecule has 0 fully saturated rings. The van der Waals surface area contributed by atoms with E-state index < -0.39 is 5.63 Å². The number of rotatable bonds is 7. The molecule has 0 N–H and O–H groups in total. The zero-order chi connectivity index (χ0) is 22.7. The van der Waals surface area contributed by atoms with E-state index in [0.29, 0.717) is 44.0 Å². The van der Waals surface area contributed by atoms with Gasteiger partial charge >= 0.3 is 11.6 Å². The number of esters is 1. The number of fused-ring (bicyclic) bond motifs is 3. The van der Waals surface area contributed by atoms with Gasteiger partial charge in [-0.3, -0.25) is 9.69 Å². The summed E-state index contributed by atoms with van der Waals surface area (Å²) in [5.41, 5.74) is 3.47. The number of carbonyl (C=O) groups is 1. The molecule has 3 aromatic rings. The average Bonchev–Trinajstić information content (AvgIpc) is 2.79. The molecule has 0 spiro atoms. The van der Waals surface area contributed by atoms with Crippen LogP contribution in [0.2, 0.25) is 0 Å². The van der Waals surface area contributed by atoms with E-state index in [4.69, 9.17) is 18.6 Å². The van der Waals surface area contributed by atoms with Crippen LogP contribution < -0.4 is 15.1 Å². The van der Waals surface area contributed by atoms with Gasteiger partial charge in [-0.1, -0.05) is 12.1 Å². The molecular formula is C25H27NO6. The molecule has 0 unspecified atom stereocenters. The number of aryl methyl sites for hydroxylation is 1. The second-order valence-corrected chi connectivity index (χ2v) is 7.83. The van der Waals surface area contributed by atoms with E-state index in [0.717, 1.165) is 33.6 Å². The van der Waals surface area contributed by atoms with E-state index in [-0.39, 0.29) is 12.4 Å². The largest absolute Gasteiger partial charge is 0.497 e. The third kappa shape index (κ3) is 4.48. The number of ether oxygens (including phenoxy) is 3. The minimum Gasteiger partial charge on any atom is -0.497 e. The van der Waals surface area contributed by atoms with E-state index in [9.17, 15) is 9.59 Å². The van der Waals surface area contributed by atoms with Crippen LogP contribution in [0.15, 0.2) is 45.6 Å².